The zero-order valence-corrected chi connectivity index (χ0v) is 13.6. The van der Waals surface area contributed by atoms with Crippen molar-refractivity contribution in [1.82, 2.24) is 0 Å². The van der Waals surface area contributed by atoms with Gasteiger partial charge in [0.15, 0.2) is 0 Å². The van der Waals surface area contributed by atoms with Crippen LogP contribution in [0.3, 0.4) is 0 Å². The van der Waals surface area contributed by atoms with Crippen molar-refractivity contribution in [3.8, 4) is 0 Å². The summed E-state index contributed by atoms with van der Waals surface area (Å²) in [6.45, 7) is 5.23. The smallest absolute Gasteiger partial charge is 0.0488 e. The van der Waals surface area contributed by atoms with Crippen molar-refractivity contribution in [2.24, 2.45) is 0 Å². The van der Waals surface area contributed by atoms with Gasteiger partial charge in [0.2, 0.25) is 0 Å². The molecule has 1 unspecified atom stereocenters. The van der Waals surface area contributed by atoms with Gasteiger partial charge >= 0.3 is 0 Å². The van der Waals surface area contributed by atoms with Gasteiger partial charge in [0.05, 0.1) is 0 Å². The van der Waals surface area contributed by atoms with Crippen LogP contribution in [0.25, 0.3) is 0 Å². The van der Waals surface area contributed by atoms with E-state index in [1.807, 2.05) is 13.0 Å². The maximum Gasteiger partial charge on any atom is 0.0488 e. The van der Waals surface area contributed by atoms with Crippen molar-refractivity contribution < 1.29 is 0 Å². The molecule has 2 aromatic rings. The van der Waals surface area contributed by atoms with Crippen LogP contribution in [0.4, 0.5) is 11.4 Å². The summed E-state index contributed by atoms with van der Waals surface area (Å²) in [5, 5.41) is 3.48. The molecule has 2 rings (SSSR count). The molecule has 0 spiro atoms. The number of hydrogen-bond donors (Lipinski definition) is 2. The summed E-state index contributed by atoms with van der Waals surface area (Å²) >= 11 is 3.55. The van der Waals surface area contributed by atoms with Crippen LogP contribution < -0.4 is 11.1 Å². The van der Waals surface area contributed by atoms with Gasteiger partial charge in [-0.15, -0.1) is 0 Å². The first-order valence-electron chi connectivity index (χ1n) is 6.92. The zero-order valence-electron chi connectivity index (χ0n) is 12.0. The maximum absolute atomic E-state index is 5.88. The summed E-state index contributed by atoms with van der Waals surface area (Å²) in [7, 11) is 0. The minimum absolute atomic E-state index is 0.553. The van der Waals surface area contributed by atoms with E-state index >= 15 is 0 Å². The summed E-state index contributed by atoms with van der Waals surface area (Å²) in [5.74, 6) is 0.553. The topological polar surface area (TPSA) is 38.0 Å². The molecular formula is C17H21BrN2. The van der Waals surface area contributed by atoms with Crippen molar-refractivity contribution in [2.45, 2.75) is 26.2 Å². The normalized spacial score (nSPS) is 12.2. The molecule has 0 heterocycles. The van der Waals surface area contributed by atoms with E-state index < -0.39 is 0 Å². The third-order valence-corrected chi connectivity index (χ3v) is 4.27. The number of benzene rings is 2. The maximum atomic E-state index is 5.88. The molecule has 2 nitrogen and oxygen atoms in total. The van der Waals surface area contributed by atoms with E-state index in [0.717, 1.165) is 34.4 Å². The molecule has 0 aliphatic rings. The quantitative estimate of drug-likeness (QED) is 0.760. The van der Waals surface area contributed by atoms with Gasteiger partial charge in [-0.3, -0.25) is 0 Å². The summed E-state index contributed by atoms with van der Waals surface area (Å²) in [6, 6.07) is 14.7. The molecular weight excluding hydrogens is 312 g/mol. The van der Waals surface area contributed by atoms with Crippen molar-refractivity contribution in [3.63, 3.8) is 0 Å². The van der Waals surface area contributed by atoms with Gasteiger partial charge in [0, 0.05) is 22.4 Å². The van der Waals surface area contributed by atoms with Crippen LogP contribution >= 0.6 is 15.9 Å². The largest absolute Gasteiger partial charge is 0.398 e. The summed E-state index contributed by atoms with van der Waals surface area (Å²) < 4.78 is 1.02. The predicted octanol–water partition coefficient (Wildman–Crippen LogP) is 4.95. The zero-order chi connectivity index (χ0) is 14.5. The second-order valence-corrected chi connectivity index (χ2v) is 6.07. The lowest BCUT2D eigenvalue weighted by atomic mass is 9.98. The molecule has 0 saturated carbocycles. The first kappa shape index (κ1) is 14.9. The Morgan fingerprint density at radius 1 is 1.20 bits per heavy atom. The van der Waals surface area contributed by atoms with Gasteiger partial charge in [-0.2, -0.15) is 0 Å². The molecule has 0 saturated heterocycles. The lowest BCUT2D eigenvalue weighted by Crippen LogP contribution is -2.07. The Morgan fingerprint density at radius 2 is 1.90 bits per heavy atom. The van der Waals surface area contributed by atoms with Crippen molar-refractivity contribution >= 4 is 27.3 Å². The van der Waals surface area contributed by atoms with Gasteiger partial charge in [0.25, 0.3) is 0 Å². The van der Waals surface area contributed by atoms with E-state index in [-0.39, 0.29) is 0 Å². The Morgan fingerprint density at radius 3 is 2.60 bits per heavy atom. The average molecular weight is 333 g/mol. The van der Waals surface area contributed by atoms with Gasteiger partial charge in [-0.1, -0.05) is 37.3 Å². The Balaban J connectivity index is 1.92. The third kappa shape index (κ3) is 3.76. The average Bonchev–Trinajstić information content (AvgIpc) is 2.45. The highest BCUT2D eigenvalue weighted by atomic mass is 79.9. The van der Waals surface area contributed by atoms with Gasteiger partial charge in [-0.25, -0.2) is 0 Å². The summed E-state index contributed by atoms with van der Waals surface area (Å²) in [6.07, 6.45) is 1.10. The standard InChI is InChI=1S/C17H21BrN2/c1-12(14-6-4-3-5-7-14)8-9-20-17-10-13(2)16(19)11-15(17)18/h3-7,10-12,20H,8-9,19H2,1-2H3. The fourth-order valence-electron chi connectivity index (χ4n) is 2.20. The van der Waals surface area contributed by atoms with Crippen LogP contribution in [0, 0.1) is 6.92 Å². The molecule has 0 radical (unpaired) electrons. The SMILES string of the molecule is Cc1cc(NCCC(C)c2ccccc2)c(Br)cc1N. The summed E-state index contributed by atoms with van der Waals surface area (Å²) in [5.41, 5.74) is 10.3. The number of hydrogen-bond acceptors (Lipinski definition) is 2. The molecule has 3 heteroatoms. The first-order chi connectivity index (χ1) is 9.58. The van der Waals surface area contributed by atoms with E-state index in [1.54, 1.807) is 0 Å². The fourth-order valence-corrected chi connectivity index (χ4v) is 2.71. The van der Waals surface area contributed by atoms with Gasteiger partial charge in [0.1, 0.15) is 0 Å². The molecule has 0 aliphatic carbocycles. The molecule has 0 amide bonds. The number of anilines is 2. The first-order valence-corrected chi connectivity index (χ1v) is 7.71. The molecule has 2 aromatic carbocycles. The number of nitrogens with two attached hydrogens (primary N) is 1. The van der Waals surface area contributed by atoms with E-state index in [4.69, 9.17) is 5.73 Å². The highest BCUT2D eigenvalue weighted by Gasteiger charge is 2.06. The third-order valence-electron chi connectivity index (χ3n) is 3.62. The number of rotatable bonds is 5. The van der Waals surface area contributed by atoms with Crippen LogP contribution in [0.1, 0.15) is 30.4 Å². The molecule has 106 valence electrons. The predicted molar refractivity (Wildman–Crippen MR) is 91.3 cm³/mol. The number of aryl methyl sites for hydroxylation is 1. The van der Waals surface area contributed by atoms with E-state index in [1.165, 1.54) is 5.56 Å². The van der Waals surface area contributed by atoms with Crippen molar-refractivity contribution in [2.75, 3.05) is 17.6 Å². The number of halogens is 1. The lowest BCUT2D eigenvalue weighted by Gasteiger charge is -2.15. The summed E-state index contributed by atoms with van der Waals surface area (Å²) in [4.78, 5) is 0. The molecule has 0 aliphatic heterocycles. The molecule has 0 aromatic heterocycles. The monoisotopic (exact) mass is 332 g/mol. The number of nitrogens with one attached hydrogen (secondary N) is 1. The minimum Gasteiger partial charge on any atom is -0.398 e. The van der Waals surface area contributed by atoms with E-state index in [0.29, 0.717) is 5.92 Å². The van der Waals surface area contributed by atoms with Crippen LogP contribution in [-0.4, -0.2) is 6.54 Å². The Hall–Kier alpha value is -1.48. The molecule has 3 N–H and O–H groups in total. The molecule has 1 atom stereocenters. The second kappa shape index (κ2) is 6.80. The van der Waals surface area contributed by atoms with Gasteiger partial charge in [-0.05, 0) is 58.5 Å². The Bertz CT molecular complexity index is 567. The van der Waals surface area contributed by atoms with Crippen LogP contribution in [0.2, 0.25) is 0 Å². The fraction of sp³-hybridized carbons (Fsp3) is 0.294. The van der Waals surface area contributed by atoms with Crippen molar-refractivity contribution in [3.05, 3.63) is 58.1 Å². The van der Waals surface area contributed by atoms with Crippen molar-refractivity contribution in [1.29, 1.82) is 0 Å². The minimum atomic E-state index is 0.553. The Kier molecular flexibility index (Phi) is 5.07. The van der Waals surface area contributed by atoms with Crippen LogP contribution in [0.5, 0.6) is 0 Å². The number of nitrogen functional groups attached to an aromatic ring is 1. The highest BCUT2D eigenvalue weighted by Crippen LogP contribution is 2.28. The van der Waals surface area contributed by atoms with Gasteiger partial charge < -0.3 is 11.1 Å². The van der Waals surface area contributed by atoms with E-state index in [2.05, 4.69) is 64.6 Å². The Labute approximate surface area is 129 Å². The highest BCUT2D eigenvalue weighted by molar-refractivity contribution is 9.10. The van der Waals surface area contributed by atoms with Crippen LogP contribution in [0.15, 0.2) is 46.9 Å². The van der Waals surface area contributed by atoms with E-state index in [9.17, 15) is 0 Å². The lowest BCUT2D eigenvalue weighted by molar-refractivity contribution is 0.706. The molecule has 0 bridgehead atoms. The second-order valence-electron chi connectivity index (χ2n) is 5.22. The molecule has 0 fully saturated rings. The molecule has 20 heavy (non-hydrogen) atoms. The van der Waals surface area contributed by atoms with Crippen LogP contribution in [-0.2, 0) is 0 Å².